The first-order valence-corrected chi connectivity index (χ1v) is 11.1. The minimum atomic E-state index is -0.498. The Balaban J connectivity index is 1.31. The number of halogens is 2. The number of ether oxygens (including phenoxy) is 2. The van der Waals surface area contributed by atoms with E-state index in [-0.39, 0.29) is 0 Å². The van der Waals surface area contributed by atoms with Gasteiger partial charge in [-0.3, -0.25) is 4.90 Å². The minimum absolute atomic E-state index is 0.317. The molecule has 0 radical (unpaired) electrons. The van der Waals surface area contributed by atoms with Gasteiger partial charge in [-0.2, -0.15) is 0 Å². The van der Waals surface area contributed by atoms with Crippen molar-refractivity contribution in [1.29, 1.82) is 0 Å². The molecule has 2 aromatic rings. The molecule has 0 unspecified atom stereocenters. The zero-order valence-corrected chi connectivity index (χ0v) is 19.0. The molecule has 5 nitrogen and oxygen atoms in total. The zero-order valence-electron chi connectivity index (χ0n) is 16.7. The maximum Gasteiger partial charge on any atom is 0.119 e. The van der Waals surface area contributed by atoms with E-state index in [4.69, 9.17) is 21.1 Å². The van der Waals surface area contributed by atoms with Crippen molar-refractivity contribution >= 4 is 33.2 Å². The molecule has 1 heterocycles. The maximum absolute atomic E-state index is 10.3. The van der Waals surface area contributed by atoms with Gasteiger partial charge in [0.05, 0.1) is 19.3 Å². The quantitative estimate of drug-likeness (QED) is 0.547. The third-order valence-electron chi connectivity index (χ3n) is 4.97. The van der Waals surface area contributed by atoms with Crippen molar-refractivity contribution in [3.63, 3.8) is 0 Å². The Morgan fingerprint density at radius 1 is 1.07 bits per heavy atom. The summed E-state index contributed by atoms with van der Waals surface area (Å²) in [6.45, 7) is 7.64. The molecule has 1 N–H and O–H groups in total. The van der Waals surface area contributed by atoms with E-state index in [1.165, 1.54) is 11.3 Å². The van der Waals surface area contributed by atoms with Gasteiger partial charge in [0.2, 0.25) is 0 Å². The number of piperazine rings is 1. The van der Waals surface area contributed by atoms with Crippen molar-refractivity contribution in [1.82, 2.24) is 4.90 Å². The molecule has 0 aromatic heterocycles. The fourth-order valence-electron chi connectivity index (χ4n) is 3.41. The Morgan fingerprint density at radius 3 is 2.52 bits per heavy atom. The number of anilines is 1. The third kappa shape index (κ3) is 7.15. The summed E-state index contributed by atoms with van der Waals surface area (Å²) in [6, 6.07) is 13.7. The number of nitrogens with zero attached hydrogens (tertiary/aromatic N) is 2. The first-order chi connectivity index (χ1) is 14.0. The fraction of sp³-hybridized carbons (Fsp3) is 0.455. The van der Waals surface area contributed by atoms with Gasteiger partial charge in [0.25, 0.3) is 0 Å². The summed E-state index contributed by atoms with van der Waals surface area (Å²) in [7, 11) is 0. The van der Waals surface area contributed by atoms with Crippen LogP contribution in [0.4, 0.5) is 5.69 Å². The van der Waals surface area contributed by atoms with Gasteiger partial charge in [-0.25, -0.2) is 0 Å². The summed E-state index contributed by atoms with van der Waals surface area (Å²) in [4.78, 5) is 4.64. The highest BCUT2D eigenvalue weighted by Crippen LogP contribution is 2.25. The van der Waals surface area contributed by atoms with Crippen molar-refractivity contribution in [2.24, 2.45) is 0 Å². The molecule has 0 spiro atoms. The number of hydrogen-bond acceptors (Lipinski definition) is 5. The highest BCUT2D eigenvalue weighted by molar-refractivity contribution is 9.10. The van der Waals surface area contributed by atoms with Crippen LogP contribution >= 0.6 is 27.5 Å². The van der Waals surface area contributed by atoms with E-state index in [0.717, 1.165) is 41.4 Å². The number of β-amino-alcohol motifs (C(OH)–C–C–N with tert-alkyl or cyclic N) is 1. The van der Waals surface area contributed by atoms with Gasteiger partial charge >= 0.3 is 0 Å². The monoisotopic (exact) mass is 482 g/mol. The van der Waals surface area contributed by atoms with Crippen LogP contribution in [0.25, 0.3) is 0 Å². The van der Waals surface area contributed by atoms with Gasteiger partial charge in [0.15, 0.2) is 0 Å². The van der Waals surface area contributed by atoms with Gasteiger partial charge in [-0.1, -0.05) is 33.6 Å². The van der Waals surface area contributed by atoms with Crippen LogP contribution < -0.4 is 9.64 Å². The number of aliphatic hydroxyl groups excluding tert-OH is 1. The Hall–Kier alpha value is -1.31. The molecule has 29 heavy (non-hydrogen) atoms. The predicted molar refractivity (Wildman–Crippen MR) is 121 cm³/mol. The largest absolute Gasteiger partial charge is 0.491 e. The van der Waals surface area contributed by atoms with E-state index in [9.17, 15) is 5.11 Å². The average Bonchev–Trinajstić information content (AvgIpc) is 2.71. The Kier molecular flexibility index (Phi) is 8.63. The summed E-state index contributed by atoms with van der Waals surface area (Å²) >= 11 is 9.55. The lowest BCUT2D eigenvalue weighted by Gasteiger charge is -2.37. The fourth-order valence-corrected chi connectivity index (χ4v) is 3.84. The Labute approximate surface area is 186 Å². The predicted octanol–water partition coefficient (Wildman–Crippen LogP) is 3.99. The SMILES string of the molecule is Cc1ccc(Cl)cc1N1CCN(C[C@H](O)COCCOc2ccc(Br)cc2)CC1. The van der Waals surface area contributed by atoms with Crippen molar-refractivity contribution in [3.8, 4) is 5.75 Å². The van der Waals surface area contributed by atoms with Crippen molar-refractivity contribution in [3.05, 3.63) is 57.5 Å². The van der Waals surface area contributed by atoms with Crippen molar-refractivity contribution in [2.45, 2.75) is 13.0 Å². The second-order valence-electron chi connectivity index (χ2n) is 7.25. The van der Waals surface area contributed by atoms with Crippen LogP contribution in [0.5, 0.6) is 5.75 Å². The van der Waals surface area contributed by atoms with Crippen LogP contribution in [-0.2, 0) is 4.74 Å². The molecule has 1 saturated heterocycles. The first kappa shape index (κ1) is 22.4. The van der Waals surface area contributed by atoms with Gasteiger partial charge in [0.1, 0.15) is 12.4 Å². The number of rotatable bonds is 9. The molecule has 0 aliphatic carbocycles. The lowest BCUT2D eigenvalue weighted by Crippen LogP contribution is -2.49. The molecule has 7 heteroatoms. The van der Waals surface area contributed by atoms with E-state index < -0.39 is 6.10 Å². The van der Waals surface area contributed by atoms with Crippen LogP contribution in [-0.4, -0.2) is 68.7 Å². The molecule has 0 bridgehead atoms. The van der Waals surface area contributed by atoms with Crippen molar-refractivity contribution in [2.75, 3.05) is 57.4 Å². The minimum Gasteiger partial charge on any atom is -0.491 e. The molecule has 1 aliphatic heterocycles. The molecule has 3 rings (SSSR count). The van der Waals surface area contributed by atoms with E-state index >= 15 is 0 Å². The topological polar surface area (TPSA) is 45.2 Å². The smallest absolute Gasteiger partial charge is 0.119 e. The van der Waals surface area contributed by atoms with E-state index in [2.05, 4.69) is 38.7 Å². The second kappa shape index (κ2) is 11.2. The number of hydrogen-bond donors (Lipinski definition) is 1. The molecule has 0 amide bonds. The first-order valence-electron chi connectivity index (χ1n) is 9.89. The second-order valence-corrected chi connectivity index (χ2v) is 8.60. The average molecular weight is 484 g/mol. The lowest BCUT2D eigenvalue weighted by atomic mass is 10.1. The molecular formula is C22H28BrClN2O3. The maximum atomic E-state index is 10.3. The van der Waals surface area contributed by atoms with Gasteiger partial charge in [-0.15, -0.1) is 0 Å². The molecular weight excluding hydrogens is 456 g/mol. The van der Waals surface area contributed by atoms with Crippen molar-refractivity contribution < 1.29 is 14.6 Å². The van der Waals surface area contributed by atoms with Crippen LogP contribution in [0.2, 0.25) is 5.02 Å². The number of benzene rings is 2. The lowest BCUT2D eigenvalue weighted by molar-refractivity contribution is 0.00718. The van der Waals surface area contributed by atoms with Crippen LogP contribution in [0.15, 0.2) is 46.9 Å². The van der Waals surface area contributed by atoms with Gasteiger partial charge < -0.3 is 19.5 Å². The zero-order chi connectivity index (χ0) is 20.6. The Morgan fingerprint density at radius 2 is 1.79 bits per heavy atom. The van der Waals surface area contributed by atoms with Crippen LogP contribution in [0.3, 0.4) is 0 Å². The number of aliphatic hydroxyl groups is 1. The summed E-state index contributed by atoms with van der Waals surface area (Å²) in [6.07, 6.45) is -0.498. The molecule has 0 saturated carbocycles. The van der Waals surface area contributed by atoms with Gasteiger partial charge in [0, 0.05) is 47.9 Å². The van der Waals surface area contributed by atoms with E-state index in [0.29, 0.717) is 26.4 Å². The van der Waals surface area contributed by atoms with E-state index in [1.807, 2.05) is 36.4 Å². The summed E-state index contributed by atoms with van der Waals surface area (Å²) in [5.41, 5.74) is 2.44. The van der Waals surface area contributed by atoms with Crippen LogP contribution in [0, 0.1) is 6.92 Å². The Bertz CT molecular complexity index is 767. The molecule has 2 aromatic carbocycles. The third-order valence-corrected chi connectivity index (χ3v) is 5.74. The molecule has 158 valence electrons. The standard InChI is InChI=1S/C22H28BrClN2O3/c1-17-2-5-19(24)14-22(17)26-10-8-25(9-11-26)15-20(27)16-28-12-13-29-21-6-3-18(23)4-7-21/h2-7,14,20,27H,8-13,15-16H2,1H3/t20-/m0/s1. The summed E-state index contributed by atoms with van der Waals surface area (Å²) in [5.74, 6) is 0.810. The summed E-state index contributed by atoms with van der Waals surface area (Å²) < 4.78 is 12.2. The number of aryl methyl sites for hydroxylation is 1. The van der Waals surface area contributed by atoms with Gasteiger partial charge in [-0.05, 0) is 48.9 Å². The molecule has 1 atom stereocenters. The summed E-state index contributed by atoms with van der Waals surface area (Å²) in [5, 5.41) is 11.0. The molecule has 1 aliphatic rings. The normalized spacial score (nSPS) is 16.1. The highest BCUT2D eigenvalue weighted by Gasteiger charge is 2.20. The highest BCUT2D eigenvalue weighted by atomic mass is 79.9. The molecule has 1 fully saturated rings. The van der Waals surface area contributed by atoms with Crippen LogP contribution in [0.1, 0.15) is 5.56 Å². The van der Waals surface area contributed by atoms with E-state index in [1.54, 1.807) is 0 Å².